The number of nitrogens with one attached hydrogen (secondary N) is 1. The Labute approximate surface area is 104 Å². The van der Waals surface area contributed by atoms with Crippen molar-refractivity contribution in [3.05, 3.63) is 29.3 Å². The number of hydrogen-bond donors (Lipinski definition) is 3. The van der Waals surface area contributed by atoms with E-state index >= 15 is 0 Å². The van der Waals surface area contributed by atoms with Gasteiger partial charge in [0, 0.05) is 18.8 Å². The van der Waals surface area contributed by atoms with Gasteiger partial charge in [-0.25, -0.2) is 4.79 Å². The number of rotatable bonds is 3. The number of fused-ring (bicyclic) bond motifs is 1. The lowest BCUT2D eigenvalue weighted by Crippen LogP contribution is -2.35. The van der Waals surface area contributed by atoms with Crippen molar-refractivity contribution in [3.8, 4) is 0 Å². The van der Waals surface area contributed by atoms with Crippen LogP contribution in [0.3, 0.4) is 0 Å². The average molecular weight is 250 g/mol. The van der Waals surface area contributed by atoms with Crippen molar-refractivity contribution in [1.29, 1.82) is 0 Å². The molecule has 0 atom stereocenters. The maximum atomic E-state index is 10.9. The van der Waals surface area contributed by atoms with Gasteiger partial charge in [-0.1, -0.05) is 12.1 Å². The summed E-state index contributed by atoms with van der Waals surface area (Å²) in [6.45, 7) is 0.653. The Kier molecular flexibility index (Phi) is 3.36. The zero-order valence-electron chi connectivity index (χ0n) is 9.72. The third-order valence-electron chi connectivity index (χ3n) is 2.97. The van der Waals surface area contributed by atoms with Gasteiger partial charge in [-0.15, -0.1) is 0 Å². The molecule has 1 aliphatic rings. The number of benzene rings is 1. The number of anilines is 1. The molecule has 0 aliphatic carbocycles. The van der Waals surface area contributed by atoms with Crippen LogP contribution in [0.4, 0.5) is 10.5 Å². The summed E-state index contributed by atoms with van der Waals surface area (Å²) in [6.07, 6.45) is -0.325. The minimum atomic E-state index is -0.926. The van der Waals surface area contributed by atoms with Crippen molar-refractivity contribution < 1.29 is 19.8 Å². The van der Waals surface area contributed by atoms with Gasteiger partial charge in [0.05, 0.1) is 0 Å². The standard InChI is InChI=1S/C12H14N2O4/c15-11(16)6-13-10-3-1-2-8-7-14(12(17)18)5-4-9(8)10/h1-3,13H,4-7H2,(H,15,16)(H,17,18). The first-order chi connectivity index (χ1) is 8.58. The first-order valence-electron chi connectivity index (χ1n) is 5.62. The number of amides is 1. The number of hydrogen-bond acceptors (Lipinski definition) is 3. The van der Waals surface area contributed by atoms with Gasteiger partial charge in [-0.2, -0.15) is 0 Å². The summed E-state index contributed by atoms with van der Waals surface area (Å²) in [5.41, 5.74) is 2.72. The maximum absolute atomic E-state index is 10.9. The highest BCUT2D eigenvalue weighted by molar-refractivity contribution is 5.74. The number of carboxylic acids is 1. The lowest BCUT2D eigenvalue weighted by molar-refractivity contribution is -0.134. The van der Waals surface area contributed by atoms with Crippen LogP contribution in [0.1, 0.15) is 11.1 Å². The van der Waals surface area contributed by atoms with E-state index < -0.39 is 12.1 Å². The van der Waals surface area contributed by atoms with E-state index in [2.05, 4.69) is 5.32 Å². The zero-order valence-corrected chi connectivity index (χ0v) is 9.72. The van der Waals surface area contributed by atoms with E-state index in [9.17, 15) is 9.59 Å². The predicted octanol–water partition coefficient (Wildman–Crippen LogP) is 1.22. The average Bonchev–Trinajstić information content (AvgIpc) is 2.35. The summed E-state index contributed by atoms with van der Waals surface area (Å²) in [4.78, 5) is 22.8. The fraction of sp³-hybridized carbons (Fsp3) is 0.333. The molecule has 6 heteroatoms. The Balaban J connectivity index is 2.19. The highest BCUT2D eigenvalue weighted by Crippen LogP contribution is 2.26. The molecule has 0 saturated heterocycles. The number of carboxylic acid groups (broad SMARTS) is 2. The van der Waals surface area contributed by atoms with E-state index in [0.717, 1.165) is 16.8 Å². The fourth-order valence-corrected chi connectivity index (χ4v) is 2.11. The smallest absolute Gasteiger partial charge is 0.407 e. The van der Waals surface area contributed by atoms with Crippen LogP contribution in [0.15, 0.2) is 18.2 Å². The summed E-state index contributed by atoms with van der Waals surface area (Å²) in [5.74, 6) is -0.921. The normalized spacial score (nSPS) is 13.9. The van der Waals surface area contributed by atoms with E-state index in [-0.39, 0.29) is 6.54 Å². The molecule has 0 fully saturated rings. The Morgan fingerprint density at radius 2 is 2.11 bits per heavy atom. The van der Waals surface area contributed by atoms with Crippen molar-refractivity contribution in [3.63, 3.8) is 0 Å². The second-order valence-electron chi connectivity index (χ2n) is 4.14. The first-order valence-corrected chi connectivity index (χ1v) is 5.62. The molecule has 1 aliphatic heterocycles. The van der Waals surface area contributed by atoms with Gasteiger partial charge < -0.3 is 20.4 Å². The monoisotopic (exact) mass is 250 g/mol. The molecule has 3 N–H and O–H groups in total. The van der Waals surface area contributed by atoms with Gasteiger partial charge in [0.2, 0.25) is 0 Å². The molecule has 0 saturated carbocycles. The molecule has 18 heavy (non-hydrogen) atoms. The second-order valence-corrected chi connectivity index (χ2v) is 4.14. The molecular formula is C12H14N2O4. The number of carbonyl (C=O) groups is 2. The Morgan fingerprint density at radius 3 is 2.78 bits per heavy atom. The van der Waals surface area contributed by atoms with Crippen molar-refractivity contribution >= 4 is 17.7 Å². The zero-order chi connectivity index (χ0) is 13.1. The van der Waals surface area contributed by atoms with Gasteiger partial charge >= 0.3 is 12.1 Å². The highest BCUT2D eigenvalue weighted by Gasteiger charge is 2.21. The Bertz CT molecular complexity index is 473. The van der Waals surface area contributed by atoms with Crippen molar-refractivity contribution in [2.24, 2.45) is 0 Å². The summed E-state index contributed by atoms with van der Waals surface area (Å²) in [5, 5.41) is 20.4. The predicted molar refractivity (Wildman–Crippen MR) is 64.7 cm³/mol. The van der Waals surface area contributed by atoms with Crippen LogP contribution in [-0.2, 0) is 17.8 Å². The Morgan fingerprint density at radius 1 is 1.33 bits per heavy atom. The molecule has 1 aromatic rings. The number of nitrogens with zero attached hydrogens (tertiary/aromatic N) is 1. The molecule has 0 unspecified atom stereocenters. The number of aliphatic carboxylic acids is 1. The highest BCUT2D eigenvalue weighted by atomic mass is 16.4. The van der Waals surface area contributed by atoms with Crippen molar-refractivity contribution in [1.82, 2.24) is 4.90 Å². The molecular weight excluding hydrogens is 236 g/mol. The third kappa shape index (κ3) is 2.53. The topological polar surface area (TPSA) is 89.9 Å². The molecule has 1 aromatic carbocycles. The largest absolute Gasteiger partial charge is 0.480 e. The van der Waals surface area contributed by atoms with Crippen molar-refractivity contribution in [2.45, 2.75) is 13.0 Å². The lowest BCUT2D eigenvalue weighted by Gasteiger charge is -2.28. The minimum absolute atomic E-state index is 0.140. The van der Waals surface area contributed by atoms with Crippen LogP contribution >= 0.6 is 0 Å². The van der Waals surface area contributed by atoms with Crippen LogP contribution in [-0.4, -0.2) is 40.3 Å². The second kappa shape index (κ2) is 4.95. The molecule has 0 radical (unpaired) electrons. The van der Waals surface area contributed by atoms with Gasteiger partial charge in [0.15, 0.2) is 0 Å². The summed E-state index contributed by atoms with van der Waals surface area (Å²) in [7, 11) is 0. The quantitative estimate of drug-likeness (QED) is 0.750. The van der Waals surface area contributed by atoms with E-state index in [1.165, 1.54) is 4.90 Å². The van der Waals surface area contributed by atoms with Gasteiger partial charge in [-0.3, -0.25) is 4.79 Å². The fourth-order valence-electron chi connectivity index (χ4n) is 2.11. The van der Waals surface area contributed by atoms with E-state index in [0.29, 0.717) is 19.5 Å². The van der Waals surface area contributed by atoms with E-state index in [1.807, 2.05) is 12.1 Å². The molecule has 1 heterocycles. The first kappa shape index (κ1) is 12.2. The third-order valence-corrected chi connectivity index (χ3v) is 2.97. The molecule has 2 rings (SSSR count). The minimum Gasteiger partial charge on any atom is -0.480 e. The molecule has 0 aromatic heterocycles. The molecule has 0 spiro atoms. The van der Waals surface area contributed by atoms with Gasteiger partial charge in [-0.05, 0) is 23.6 Å². The molecule has 96 valence electrons. The Hall–Kier alpha value is -2.24. The van der Waals surface area contributed by atoms with Gasteiger partial charge in [0.1, 0.15) is 6.54 Å². The van der Waals surface area contributed by atoms with Crippen LogP contribution in [0.25, 0.3) is 0 Å². The maximum Gasteiger partial charge on any atom is 0.407 e. The van der Waals surface area contributed by atoms with Crippen molar-refractivity contribution in [2.75, 3.05) is 18.4 Å². The summed E-state index contributed by atoms with van der Waals surface area (Å²) in [6, 6.07) is 5.49. The van der Waals surface area contributed by atoms with Crippen LogP contribution in [0.2, 0.25) is 0 Å². The van der Waals surface area contributed by atoms with Crippen LogP contribution in [0, 0.1) is 0 Å². The van der Waals surface area contributed by atoms with E-state index in [1.54, 1.807) is 6.07 Å². The molecule has 0 bridgehead atoms. The molecule has 1 amide bonds. The van der Waals surface area contributed by atoms with Gasteiger partial charge in [0.25, 0.3) is 0 Å². The SMILES string of the molecule is O=C(O)CNc1cccc2c1CCN(C(=O)O)C2. The van der Waals surface area contributed by atoms with Crippen LogP contribution in [0.5, 0.6) is 0 Å². The van der Waals surface area contributed by atoms with Crippen LogP contribution < -0.4 is 5.32 Å². The summed E-state index contributed by atoms with van der Waals surface area (Å²) >= 11 is 0. The lowest BCUT2D eigenvalue weighted by atomic mass is 9.98. The summed E-state index contributed by atoms with van der Waals surface area (Å²) < 4.78 is 0. The molecule has 6 nitrogen and oxygen atoms in total. The van der Waals surface area contributed by atoms with E-state index in [4.69, 9.17) is 10.2 Å².